The monoisotopic (exact) mass is 271 g/mol. The Kier molecular flexibility index (Phi) is 4.91. The van der Waals surface area contributed by atoms with Crippen LogP contribution in [0.25, 0.3) is 0 Å². The first-order valence-corrected chi connectivity index (χ1v) is 7.12. The topological polar surface area (TPSA) is 12.0 Å². The summed E-state index contributed by atoms with van der Waals surface area (Å²) < 4.78 is 13.6. The Bertz CT molecular complexity index is 551. The highest BCUT2D eigenvalue weighted by molar-refractivity contribution is 5.25. The summed E-state index contributed by atoms with van der Waals surface area (Å²) in [7, 11) is 0. The van der Waals surface area contributed by atoms with Crippen LogP contribution >= 0.6 is 0 Å². The largest absolute Gasteiger partial charge is 0.310 e. The van der Waals surface area contributed by atoms with Gasteiger partial charge in [-0.15, -0.1) is 0 Å². The van der Waals surface area contributed by atoms with Crippen LogP contribution in [-0.2, 0) is 0 Å². The zero-order chi connectivity index (χ0) is 14.5. The molecule has 0 aliphatic heterocycles. The van der Waals surface area contributed by atoms with Gasteiger partial charge in [0.05, 0.1) is 0 Å². The van der Waals surface area contributed by atoms with Gasteiger partial charge in [0.15, 0.2) is 0 Å². The molecule has 2 unspecified atom stereocenters. The number of nitrogens with one attached hydrogen (secondary N) is 1. The molecule has 0 radical (unpaired) electrons. The number of halogens is 1. The van der Waals surface area contributed by atoms with E-state index in [9.17, 15) is 4.39 Å². The van der Waals surface area contributed by atoms with Crippen molar-refractivity contribution >= 4 is 0 Å². The van der Waals surface area contributed by atoms with E-state index in [-0.39, 0.29) is 11.9 Å². The zero-order valence-corrected chi connectivity index (χ0v) is 12.4. The second kappa shape index (κ2) is 6.67. The zero-order valence-electron chi connectivity index (χ0n) is 12.4. The third kappa shape index (κ3) is 3.67. The van der Waals surface area contributed by atoms with E-state index < -0.39 is 0 Å². The molecule has 0 aliphatic rings. The van der Waals surface area contributed by atoms with Gasteiger partial charge < -0.3 is 5.32 Å². The fourth-order valence-electron chi connectivity index (χ4n) is 2.25. The Hall–Kier alpha value is -1.67. The lowest BCUT2D eigenvalue weighted by Gasteiger charge is -2.19. The second-order valence-corrected chi connectivity index (χ2v) is 5.45. The lowest BCUT2D eigenvalue weighted by Crippen LogP contribution is -2.23. The Labute approximate surface area is 120 Å². The number of rotatable bonds is 5. The highest BCUT2D eigenvalue weighted by atomic mass is 19.1. The van der Waals surface area contributed by atoms with E-state index in [0.29, 0.717) is 11.5 Å². The van der Waals surface area contributed by atoms with Gasteiger partial charge in [-0.3, -0.25) is 0 Å². The number of aryl methyl sites for hydroxylation is 1. The molecule has 2 atom stereocenters. The summed E-state index contributed by atoms with van der Waals surface area (Å²) in [6.07, 6.45) is 0. The molecule has 0 aromatic heterocycles. The number of hydrogen-bond donors (Lipinski definition) is 1. The Morgan fingerprint density at radius 3 is 2.35 bits per heavy atom. The maximum absolute atomic E-state index is 13.6. The van der Waals surface area contributed by atoms with Gasteiger partial charge >= 0.3 is 0 Å². The Balaban J connectivity index is 1.95. The van der Waals surface area contributed by atoms with Crippen LogP contribution in [0.1, 0.15) is 42.5 Å². The average Bonchev–Trinajstić information content (AvgIpc) is 2.48. The average molecular weight is 271 g/mol. The molecule has 0 aliphatic carbocycles. The van der Waals surface area contributed by atoms with E-state index in [1.165, 1.54) is 5.56 Å². The fraction of sp³-hybridized carbons (Fsp3) is 0.333. The first-order valence-electron chi connectivity index (χ1n) is 7.12. The minimum absolute atomic E-state index is 0.132. The third-order valence-corrected chi connectivity index (χ3v) is 3.79. The van der Waals surface area contributed by atoms with Gasteiger partial charge in [0, 0.05) is 12.6 Å². The predicted molar refractivity (Wildman–Crippen MR) is 82.4 cm³/mol. The summed E-state index contributed by atoms with van der Waals surface area (Å²) in [6, 6.07) is 16.0. The van der Waals surface area contributed by atoms with Crippen molar-refractivity contribution in [1.82, 2.24) is 5.32 Å². The summed E-state index contributed by atoms with van der Waals surface area (Å²) in [4.78, 5) is 0. The van der Waals surface area contributed by atoms with Crippen LogP contribution < -0.4 is 5.32 Å². The molecular formula is C18H22FN. The van der Waals surface area contributed by atoms with E-state index in [0.717, 1.165) is 12.1 Å². The van der Waals surface area contributed by atoms with Crippen LogP contribution in [0.5, 0.6) is 0 Å². The molecule has 2 heteroatoms. The van der Waals surface area contributed by atoms with Gasteiger partial charge in [-0.05, 0) is 42.5 Å². The first-order chi connectivity index (χ1) is 9.58. The second-order valence-electron chi connectivity index (χ2n) is 5.45. The minimum Gasteiger partial charge on any atom is -0.310 e. The van der Waals surface area contributed by atoms with Gasteiger partial charge in [0.2, 0.25) is 0 Å². The molecule has 0 heterocycles. The summed E-state index contributed by atoms with van der Waals surface area (Å²) >= 11 is 0. The third-order valence-electron chi connectivity index (χ3n) is 3.79. The van der Waals surface area contributed by atoms with Crippen molar-refractivity contribution in [3.05, 3.63) is 71.0 Å². The van der Waals surface area contributed by atoms with E-state index >= 15 is 0 Å². The highest BCUT2D eigenvalue weighted by Gasteiger charge is 2.10. The molecule has 0 saturated heterocycles. The lowest BCUT2D eigenvalue weighted by molar-refractivity contribution is 0.532. The van der Waals surface area contributed by atoms with E-state index in [1.807, 2.05) is 18.2 Å². The van der Waals surface area contributed by atoms with Gasteiger partial charge in [0.1, 0.15) is 5.82 Å². The van der Waals surface area contributed by atoms with Gasteiger partial charge in [-0.2, -0.15) is 0 Å². The maximum atomic E-state index is 13.6. The molecule has 2 aromatic rings. The maximum Gasteiger partial charge on any atom is 0.126 e. The van der Waals surface area contributed by atoms with E-state index in [2.05, 4.69) is 43.4 Å². The van der Waals surface area contributed by atoms with Gasteiger partial charge in [-0.25, -0.2) is 4.39 Å². The van der Waals surface area contributed by atoms with Crippen LogP contribution in [0, 0.1) is 12.7 Å². The molecule has 20 heavy (non-hydrogen) atoms. The number of hydrogen-bond acceptors (Lipinski definition) is 1. The molecule has 0 fully saturated rings. The molecule has 0 saturated carbocycles. The van der Waals surface area contributed by atoms with E-state index in [1.54, 1.807) is 13.0 Å². The van der Waals surface area contributed by atoms with Crippen molar-refractivity contribution in [2.24, 2.45) is 0 Å². The Morgan fingerprint density at radius 2 is 1.70 bits per heavy atom. The quantitative estimate of drug-likeness (QED) is 0.838. The molecule has 1 N–H and O–H groups in total. The minimum atomic E-state index is -0.132. The van der Waals surface area contributed by atoms with Gasteiger partial charge in [-0.1, -0.05) is 49.4 Å². The molecular weight excluding hydrogens is 249 g/mol. The lowest BCUT2D eigenvalue weighted by atomic mass is 10.00. The molecule has 1 nitrogen and oxygen atoms in total. The summed E-state index contributed by atoms with van der Waals surface area (Å²) in [5.74, 6) is 0.307. The van der Waals surface area contributed by atoms with E-state index in [4.69, 9.17) is 0 Å². The summed E-state index contributed by atoms with van der Waals surface area (Å²) in [5.41, 5.74) is 3.01. The van der Waals surface area contributed by atoms with Crippen molar-refractivity contribution in [3.63, 3.8) is 0 Å². The van der Waals surface area contributed by atoms with Crippen molar-refractivity contribution in [3.8, 4) is 0 Å². The predicted octanol–water partition coefficient (Wildman–Crippen LogP) is 4.59. The van der Waals surface area contributed by atoms with Crippen LogP contribution in [-0.4, -0.2) is 6.54 Å². The van der Waals surface area contributed by atoms with Crippen molar-refractivity contribution < 1.29 is 4.39 Å². The van der Waals surface area contributed by atoms with Crippen LogP contribution in [0.4, 0.5) is 4.39 Å². The van der Waals surface area contributed by atoms with Crippen LogP contribution in [0.3, 0.4) is 0 Å². The van der Waals surface area contributed by atoms with Crippen LogP contribution in [0.2, 0.25) is 0 Å². The first kappa shape index (κ1) is 14.7. The molecule has 2 rings (SSSR count). The number of benzene rings is 2. The summed E-state index contributed by atoms with van der Waals surface area (Å²) in [6.45, 7) is 6.93. The standard InChI is InChI=1S/C18H22FN/c1-13-9-10-17(11-18(13)19)15(3)20-12-14(2)16-7-5-4-6-8-16/h4-11,14-15,20H,12H2,1-3H3. The molecule has 2 aromatic carbocycles. The van der Waals surface area contributed by atoms with Crippen LogP contribution in [0.15, 0.2) is 48.5 Å². The van der Waals surface area contributed by atoms with Crippen molar-refractivity contribution in [1.29, 1.82) is 0 Å². The highest BCUT2D eigenvalue weighted by Crippen LogP contribution is 2.18. The Morgan fingerprint density at radius 1 is 1.00 bits per heavy atom. The molecule has 0 bridgehead atoms. The smallest absolute Gasteiger partial charge is 0.126 e. The van der Waals surface area contributed by atoms with Crippen molar-refractivity contribution in [2.45, 2.75) is 32.7 Å². The van der Waals surface area contributed by atoms with Crippen molar-refractivity contribution in [2.75, 3.05) is 6.54 Å². The SMILES string of the molecule is Cc1ccc(C(C)NCC(C)c2ccccc2)cc1F. The molecule has 106 valence electrons. The molecule has 0 spiro atoms. The summed E-state index contributed by atoms with van der Waals surface area (Å²) in [5, 5.41) is 3.48. The normalized spacial score (nSPS) is 14.0. The fourth-order valence-corrected chi connectivity index (χ4v) is 2.25. The van der Waals surface area contributed by atoms with Gasteiger partial charge in [0.25, 0.3) is 0 Å². The molecule has 0 amide bonds.